The molecule has 2 aromatic carbocycles. The molecule has 0 aliphatic carbocycles. The zero-order valence-corrected chi connectivity index (χ0v) is 16.8. The van der Waals surface area contributed by atoms with E-state index < -0.39 is 13.4 Å². The van der Waals surface area contributed by atoms with Gasteiger partial charge < -0.3 is 19.1 Å². The van der Waals surface area contributed by atoms with E-state index in [0.29, 0.717) is 17.9 Å². The largest absolute Gasteiger partial charge is 0.462 e. The Morgan fingerprint density at radius 2 is 1.52 bits per heavy atom. The maximum absolute atomic E-state index is 13.4. The number of rotatable bonds is 10. The molecule has 7 heteroatoms. The van der Waals surface area contributed by atoms with Gasteiger partial charge in [0.15, 0.2) is 5.78 Å². The molecule has 0 saturated carbocycles. The van der Waals surface area contributed by atoms with Crippen molar-refractivity contribution in [2.24, 2.45) is 0 Å². The number of carbonyl (C=O) groups is 1. The second-order valence-corrected chi connectivity index (χ2v) is 7.74. The summed E-state index contributed by atoms with van der Waals surface area (Å²) in [5.41, 5.74) is 1.94. The fourth-order valence-corrected chi connectivity index (χ4v) is 4.54. The van der Waals surface area contributed by atoms with Crippen molar-refractivity contribution in [1.82, 2.24) is 0 Å². The van der Waals surface area contributed by atoms with E-state index in [-0.39, 0.29) is 19.2 Å². The smallest absolute Gasteiger partial charge is 0.357 e. The van der Waals surface area contributed by atoms with Crippen LogP contribution in [0.4, 0.5) is 5.69 Å². The Kier molecular flexibility index (Phi) is 8.04. The minimum atomic E-state index is -3.46. The van der Waals surface area contributed by atoms with Crippen LogP contribution in [-0.2, 0) is 18.3 Å². The van der Waals surface area contributed by atoms with Crippen LogP contribution < -0.4 is 5.32 Å². The highest BCUT2D eigenvalue weighted by molar-refractivity contribution is 7.54. The molecular weight excluding hydrogens is 365 g/mol. The number of ether oxygens (including phenoxy) is 1. The van der Waals surface area contributed by atoms with Crippen molar-refractivity contribution >= 4 is 19.3 Å². The van der Waals surface area contributed by atoms with Crippen molar-refractivity contribution in [3.8, 4) is 0 Å². The van der Waals surface area contributed by atoms with Gasteiger partial charge in [0.05, 0.1) is 25.4 Å². The number of hydrogen-bond acceptors (Lipinski definition) is 6. The summed E-state index contributed by atoms with van der Waals surface area (Å²) < 4.78 is 29.5. The zero-order chi connectivity index (χ0) is 19.7. The molecule has 0 radical (unpaired) electrons. The first-order valence-corrected chi connectivity index (χ1v) is 10.6. The summed E-state index contributed by atoms with van der Waals surface area (Å²) >= 11 is 0. The molecule has 2 rings (SSSR count). The lowest BCUT2D eigenvalue weighted by Gasteiger charge is -2.28. The fourth-order valence-electron chi connectivity index (χ4n) is 2.60. The molecule has 0 heterocycles. The second kappa shape index (κ2) is 10.3. The lowest BCUT2D eigenvalue weighted by atomic mass is 10.2. The fraction of sp³-hybridized carbons (Fsp3) is 0.350. The maximum Gasteiger partial charge on any atom is 0.357 e. The quantitative estimate of drug-likeness (QED) is 0.441. The molecule has 2 aromatic rings. The highest BCUT2D eigenvalue weighted by Gasteiger charge is 2.37. The number of carbonyl (C=O) groups excluding carboxylic acids is 1. The summed E-state index contributed by atoms with van der Waals surface area (Å²) in [6.07, 6.45) is 0. The first kappa shape index (κ1) is 21.2. The van der Waals surface area contributed by atoms with Crippen LogP contribution in [0.2, 0.25) is 0 Å². The van der Waals surface area contributed by atoms with Gasteiger partial charge in [0.1, 0.15) is 0 Å². The van der Waals surface area contributed by atoms with Crippen molar-refractivity contribution in [1.29, 1.82) is 0 Å². The number of hydrogen-bond donors (Lipinski definition) is 1. The van der Waals surface area contributed by atoms with Gasteiger partial charge in [0.25, 0.3) is 0 Å². The molecule has 27 heavy (non-hydrogen) atoms. The van der Waals surface area contributed by atoms with Crippen LogP contribution in [0.1, 0.15) is 42.5 Å². The third-order valence-corrected chi connectivity index (χ3v) is 6.04. The molecular formula is C20H26NO5P. The van der Waals surface area contributed by atoms with E-state index in [1.54, 1.807) is 45.0 Å². The predicted molar refractivity (Wildman–Crippen MR) is 106 cm³/mol. The van der Waals surface area contributed by atoms with Gasteiger partial charge in [-0.3, -0.25) is 4.57 Å². The molecule has 6 nitrogen and oxygen atoms in total. The summed E-state index contributed by atoms with van der Waals surface area (Å²) in [6, 6.07) is 16.2. The van der Waals surface area contributed by atoms with Gasteiger partial charge in [-0.2, -0.15) is 0 Å². The molecule has 1 N–H and O–H groups in total. The van der Waals surface area contributed by atoms with Crippen LogP contribution in [0.5, 0.6) is 0 Å². The Morgan fingerprint density at radius 1 is 0.926 bits per heavy atom. The van der Waals surface area contributed by atoms with Gasteiger partial charge in [-0.1, -0.05) is 30.3 Å². The van der Waals surface area contributed by atoms with Gasteiger partial charge in [-0.15, -0.1) is 0 Å². The monoisotopic (exact) mass is 391 g/mol. The van der Waals surface area contributed by atoms with Crippen molar-refractivity contribution in [2.45, 2.75) is 26.6 Å². The summed E-state index contributed by atoms with van der Waals surface area (Å²) in [5, 5.41) is 3.24. The number of benzene rings is 2. The molecule has 0 bridgehead atoms. The topological polar surface area (TPSA) is 73.9 Å². The van der Waals surface area contributed by atoms with Gasteiger partial charge in [-0.25, -0.2) is 4.79 Å². The molecule has 146 valence electrons. The Hall–Kier alpha value is -2.14. The lowest BCUT2D eigenvalue weighted by Crippen LogP contribution is -2.15. The molecule has 0 aliphatic rings. The first-order valence-electron chi connectivity index (χ1n) is 9.01. The van der Waals surface area contributed by atoms with E-state index in [2.05, 4.69) is 5.32 Å². The summed E-state index contributed by atoms with van der Waals surface area (Å²) in [6.45, 7) is 6.18. The van der Waals surface area contributed by atoms with Crippen LogP contribution in [-0.4, -0.2) is 25.8 Å². The van der Waals surface area contributed by atoms with Crippen molar-refractivity contribution in [3.63, 3.8) is 0 Å². The number of esters is 1. The standard InChI is InChI=1S/C20H26NO5P/c1-4-24-20(22)17-12-14-18(15-13-17)21-19(16-10-8-7-9-11-16)27(23,25-5-2)26-6-3/h7-15,19,21H,4-6H2,1-3H3. The van der Waals surface area contributed by atoms with Crippen LogP contribution in [0.3, 0.4) is 0 Å². The van der Waals surface area contributed by atoms with Gasteiger partial charge >= 0.3 is 13.6 Å². The van der Waals surface area contributed by atoms with E-state index >= 15 is 0 Å². The van der Waals surface area contributed by atoms with Crippen LogP contribution in [0.15, 0.2) is 54.6 Å². The summed E-state index contributed by atoms with van der Waals surface area (Å²) in [5.74, 6) is -1.05. The lowest BCUT2D eigenvalue weighted by molar-refractivity contribution is 0.0526. The minimum Gasteiger partial charge on any atom is -0.462 e. The van der Waals surface area contributed by atoms with E-state index in [9.17, 15) is 9.36 Å². The Morgan fingerprint density at radius 3 is 2.04 bits per heavy atom. The van der Waals surface area contributed by atoms with Gasteiger partial charge in [0.2, 0.25) is 0 Å². The van der Waals surface area contributed by atoms with Crippen LogP contribution in [0, 0.1) is 0 Å². The second-order valence-electron chi connectivity index (χ2n) is 5.63. The highest BCUT2D eigenvalue weighted by Crippen LogP contribution is 2.60. The molecule has 0 amide bonds. The van der Waals surface area contributed by atoms with Crippen LogP contribution >= 0.6 is 7.60 Å². The molecule has 0 saturated heterocycles. The van der Waals surface area contributed by atoms with Gasteiger partial charge in [0, 0.05) is 5.69 Å². The molecule has 0 fully saturated rings. The van der Waals surface area contributed by atoms with E-state index in [4.69, 9.17) is 13.8 Å². The molecule has 0 aromatic heterocycles. The predicted octanol–water partition coefficient (Wildman–Crippen LogP) is 5.24. The summed E-state index contributed by atoms with van der Waals surface area (Å²) in [4.78, 5) is 11.8. The molecule has 1 atom stereocenters. The molecule has 0 aliphatic heterocycles. The van der Waals surface area contributed by atoms with Crippen molar-refractivity contribution < 1.29 is 23.1 Å². The molecule has 0 spiro atoms. The summed E-state index contributed by atoms with van der Waals surface area (Å²) in [7, 11) is -3.46. The number of nitrogens with one attached hydrogen (secondary N) is 1. The normalized spacial score (nSPS) is 12.4. The third kappa shape index (κ3) is 5.67. The average Bonchev–Trinajstić information content (AvgIpc) is 2.68. The SMILES string of the molecule is CCOC(=O)c1ccc(NC(c2ccccc2)P(=O)(OCC)OCC)cc1. The van der Waals surface area contributed by atoms with E-state index in [1.165, 1.54) is 0 Å². The minimum absolute atomic E-state index is 0.268. The van der Waals surface area contributed by atoms with Gasteiger partial charge in [-0.05, 0) is 50.6 Å². The van der Waals surface area contributed by atoms with E-state index in [1.807, 2.05) is 30.3 Å². The van der Waals surface area contributed by atoms with Crippen LogP contribution in [0.25, 0.3) is 0 Å². The Bertz CT molecular complexity index is 754. The Balaban J connectivity index is 2.32. The third-order valence-electron chi connectivity index (χ3n) is 3.75. The highest BCUT2D eigenvalue weighted by atomic mass is 31.2. The number of anilines is 1. The zero-order valence-electron chi connectivity index (χ0n) is 15.9. The average molecular weight is 391 g/mol. The maximum atomic E-state index is 13.4. The first-order chi connectivity index (χ1) is 13.0. The molecule has 1 unspecified atom stereocenters. The van der Waals surface area contributed by atoms with Crippen molar-refractivity contribution in [2.75, 3.05) is 25.1 Å². The van der Waals surface area contributed by atoms with Crippen molar-refractivity contribution in [3.05, 3.63) is 65.7 Å². The Labute approximate surface area is 160 Å². The van der Waals surface area contributed by atoms with E-state index in [0.717, 1.165) is 5.56 Å².